The van der Waals surface area contributed by atoms with Gasteiger partial charge < -0.3 is 20.9 Å². The molecule has 1 aliphatic carbocycles. The lowest BCUT2D eigenvalue weighted by atomic mass is 9.77. The van der Waals surface area contributed by atoms with Crippen LogP contribution in [0.15, 0.2) is 18.2 Å². The van der Waals surface area contributed by atoms with Crippen LogP contribution in [0.3, 0.4) is 0 Å². The van der Waals surface area contributed by atoms with Crippen LogP contribution in [0.1, 0.15) is 45.6 Å². The van der Waals surface area contributed by atoms with Gasteiger partial charge in [0.2, 0.25) is 0 Å². The van der Waals surface area contributed by atoms with E-state index in [2.05, 4.69) is 5.32 Å². The number of carboxylic acids is 1. The SMILES string of the molecule is CC(C)(C)OC(=O)NCC(Cc1ccc(N)c(F)c1)(CC1CC1)C(=O)O. The van der Waals surface area contributed by atoms with E-state index in [-0.39, 0.29) is 18.7 Å². The van der Waals surface area contributed by atoms with Gasteiger partial charge in [0.15, 0.2) is 0 Å². The number of alkyl carbamates (subject to hydrolysis) is 1. The van der Waals surface area contributed by atoms with Crippen molar-refractivity contribution in [2.45, 2.75) is 52.1 Å². The second kappa shape index (κ2) is 7.51. The first-order chi connectivity index (χ1) is 12.0. The molecule has 0 aromatic heterocycles. The number of hydrogen-bond acceptors (Lipinski definition) is 4. The molecule has 0 aliphatic heterocycles. The number of rotatable bonds is 7. The normalized spacial score (nSPS) is 16.6. The van der Waals surface area contributed by atoms with Gasteiger partial charge in [-0.05, 0) is 57.2 Å². The first-order valence-electron chi connectivity index (χ1n) is 8.75. The fourth-order valence-corrected chi connectivity index (χ4v) is 2.95. The molecule has 7 heteroatoms. The van der Waals surface area contributed by atoms with E-state index in [9.17, 15) is 19.1 Å². The highest BCUT2D eigenvalue weighted by atomic mass is 19.1. The number of aliphatic carboxylic acids is 1. The highest BCUT2D eigenvalue weighted by Gasteiger charge is 2.44. The number of amides is 1. The number of anilines is 1. The van der Waals surface area contributed by atoms with Crippen LogP contribution in [0, 0.1) is 17.2 Å². The Morgan fingerprint density at radius 2 is 2.00 bits per heavy atom. The maximum absolute atomic E-state index is 13.8. The van der Waals surface area contributed by atoms with Gasteiger partial charge in [0.25, 0.3) is 0 Å². The molecule has 144 valence electrons. The van der Waals surface area contributed by atoms with Gasteiger partial charge in [-0.2, -0.15) is 0 Å². The summed E-state index contributed by atoms with van der Waals surface area (Å²) in [6, 6.07) is 4.31. The Labute approximate surface area is 152 Å². The van der Waals surface area contributed by atoms with Crippen LogP contribution in [0.2, 0.25) is 0 Å². The van der Waals surface area contributed by atoms with E-state index in [0.29, 0.717) is 17.9 Å². The van der Waals surface area contributed by atoms with Crippen molar-refractivity contribution in [3.05, 3.63) is 29.6 Å². The maximum Gasteiger partial charge on any atom is 0.407 e. The monoisotopic (exact) mass is 366 g/mol. The van der Waals surface area contributed by atoms with Gasteiger partial charge in [-0.3, -0.25) is 4.79 Å². The number of hydrogen-bond donors (Lipinski definition) is 3. The van der Waals surface area contributed by atoms with Crippen molar-refractivity contribution in [2.75, 3.05) is 12.3 Å². The third-order valence-corrected chi connectivity index (χ3v) is 4.41. The molecule has 1 unspecified atom stereocenters. The summed E-state index contributed by atoms with van der Waals surface area (Å²) in [5.74, 6) is -1.28. The van der Waals surface area contributed by atoms with E-state index in [1.807, 2.05) is 0 Å². The molecule has 1 aliphatic rings. The first-order valence-corrected chi connectivity index (χ1v) is 8.75. The molecule has 0 spiro atoms. The van der Waals surface area contributed by atoms with Crippen LogP contribution < -0.4 is 11.1 Å². The minimum absolute atomic E-state index is 0.0174. The molecule has 0 heterocycles. The van der Waals surface area contributed by atoms with Gasteiger partial charge >= 0.3 is 12.1 Å². The first kappa shape index (κ1) is 20.0. The molecule has 1 fully saturated rings. The molecule has 1 saturated carbocycles. The Morgan fingerprint density at radius 3 is 2.50 bits per heavy atom. The van der Waals surface area contributed by atoms with Crippen LogP contribution in [0.5, 0.6) is 0 Å². The third-order valence-electron chi connectivity index (χ3n) is 4.41. The summed E-state index contributed by atoms with van der Waals surface area (Å²) in [6.07, 6.45) is 1.80. The van der Waals surface area contributed by atoms with Crippen molar-refractivity contribution in [1.29, 1.82) is 0 Å². The Hall–Kier alpha value is -2.31. The summed E-state index contributed by atoms with van der Waals surface area (Å²) < 4.78 is 19.0. The molecule has 0 saturated heterocycles. The van der Waals surface area contributed by atoms with Crippen LogP contribution in [-0.2, 0) is 16.0 Å². The minimum atomic E-state index is -1.22. The number of nitrogen functional groups attached to an aromatic ring is 1. The largest absolute Gasteiger partial charge is 0.481 e. The molecule has 1 aromatic rings. The van der Waals surface area contributed by atoms with Crippen molar-refractivity contribution in [3.63, 3.8) is 0 Å². The summed E-state index contributed by atoms with van der Waals surface area (Å²) in [5, 5.41) is 12.5. The van der Waals surface area contributed by atoms with E-state index in [1.165, 1.54) is 12.1 Å². The number of halogens is 1. The van der Waals surface area contributed by atoms with Crippen LogP contribution in [0.4, 0.5) is 14.9 Å². The van der Waals surface area contributed by atoms with Gasteiger partial charge in [0.1, 0.15) is 11.4 Å². The summed E-state index contributed by atoms with van der Waals surface area (Å²) in [5.41, 5.74) is 4.15. The average molecular weight is 366 g/mol. The second-order valence-electron chi connectivity index (χ2n) is 8.12. The predicted octanol–water partition coefficient (Wildman–Crippen LogP) is 3.35. The van der Waals surface area contributed by atoms with Crippen molar-refractivity contribution in [3.8, 4) is 0 Å². The van der Waals surface area contributed by atoms with E-state index in [1.54, 1.807) is 26.8 Å². The van der Waals surface area contributed by atoms with Crippen molar-refractivity contribution < 1.29 is 23.8 Å². The lowest BCUT2D eigenvalue weighted by Crippen LogP contribution is -2.46. The molecule has 1 atom stereocenters. The summed E-state index contributed by atoms with van der Waals surface area (Å²) >= 11 is 0. The topological polar surface area (TPSA) is 102 Å². The lowest BCUT2D eigenvalue weighted by molar-refractivity contribution is -0.149. The minimum Gasteiger partial charge on any atom is -0.481 e. The zero-order valence-electron chi connectivity index (χ0n) is 15.5. The molecule has 1 amide bonds. The molecular formula is C19H27FN2O4. The van der Waals surface area contributed by atoms with Gasteiger partial charge in [0.05, 0.1) is 11.1 Å². The third kappa shape index (κ3) is 5.61. The summed E-state index contributed by atoms with van der Waals surface area (Å²) in [7, 11) is 0. The van der Waals surface area contributed by atoms with E-state index in [4.69, 9.17) is 10.5 Å². The quantitative estimate of drug-likeness (QED) is 0.642. The number of carbonyl (C=O) groups is 2. The Morgan fingerprint density at radius 1 is 1.35 bits per heavy atom. The van der Waals surface area contributed by atoms with E-state index >= 15 is 0 Å². The molecule has 1 aromatic carbocycles. The van der Waals surface area contributed by atoms with Crippen LogP contribution in [-0.4, -0.2) is 29.3 Å². The average Bonchev–Trinajstić information content (AvgIpc) is 3.30. The molecule has 4 N–H and O–H groups in total. The van der Waals surface area contributed by atoms with Crippen LogP contribution in [0.25, 0.3) is 0 Å². The van der Waals surface area contributed by atoms with Crippen molar-refractivity contribution in [2.24, 2.45) is 11.3 Å². The number of ether oxygens (including phenoxy) is 1. The maximum atomic E-state index is 13.8. The Bertz CT molecular complexity index is 683. The van der Waals surface area contributed by atoms with Gasteiger partial charge in [0, 0.05) is 6.54 Å². The zero-order valence-corrected chi connectivity index (χ0v) is 15.5. The standard InChI is InChI=1S/C19H27FN2O4/c1-18(2,3)26-17(25)22-11-19(16(23)24,9-12-4-5-12)10-13-6-7-15(21)14(20)8-13/h6-8,12H,4-5,9-11,21H2,1-3H3,(H,22,25)(H,23,24). The summed E-state index contributed by atoms with van der Waals surface area (Å²) in [4.78, 5) is 24.1. The molecule has 6 nitrogen and oxygen atoms in total. The molecule has 2 rings (SSSR count). The highest BCUT2D eigenvalue weighted by Crippen LogP contribution is 2.42. The number of nitrogens with one attached hydrogen (secondary N) is 1. The van der Waals surface area contributed by atoms with Crippen molar-refractivity contribution in [1.82, 2.24) is 5.32 Å². The second-order valence-corrected chi connectivity index (χ2v) is 8.12. The number of carboxylic acid groups (broad SMARTS) is 1. The molecule has 26 heavy (non-hydrogen) atoms. The van der Waals surface area contributed by atoms with Crippen LogP contribution >= 0.6 is 0 Å². The molecule has 0 bridgehead atoms. The molecule has 0 radical (unpaired) electrons. The zero-order chi connectivity index (χ0) is 19.5. The van der Waals surface area contributed by atoms with Crippen molar-refractivity contribution >= 4 is 17.7 Å². The van der Waals surface area contributed by atoms with E-state index < -0.39 is 28.9 Å². The number of carbonyl (C=O) groups excluding carboxylic acids is 1. The lowest BCUT2D eigenvalue weighted by Gasteiger charge is -2.31. The Balaban J connectivity index is 2.18. The van der Waals surface area contributed by atoms with Gasteiger partial charge in [-0.25, -0.2) is 9.18 Å². The Kier molecular flexibility index (Phi) is 5.78. The van der Waals surface area contributed by atoms with E-state index in [0.717, 1.165) is 12.8 Å². The predicted molar refractivity (Wildman–Crippen MR) is 96.2 cm³/mol. The fraction of sp³-hybridized carbons (Fsp3) is 0.579. The van der Waals surface area contributed by atoms with Gasteiger partial charge in [-0.15, -0.1) is 0 Å². The summed E-state index contributed by atoms with van der Waals surface area (Å²) in [6.45, 7) is 5.12. The molecular weight excluding hydrogens is 339 g/mol. The smallest absolute Gasteiger partial charge is 0.407 e. The number of benzene rings is 1. The number of nitrogens with two attached hydrogens (primary N) is 1. The fourth-order valence-electron chi connectivity index (χ4n) is 2.95. The van der Waals surface area contributed by atoms with Gasteiger partial charge in [-0.1, -0.05) is 18.9 Å². The highest BCUT2D eigenvalue weighted by molar-refractivity contribution is 5.77.